The van der Waals surface area contributed by atoms with Gasteiger partial charge in [-0.3, -0.25) is 14.4 Å². The number of amides is 2. The molecule has 0 spiro atoms. The van der Waals surface area contributed by atoms with Crippen LogP contribution in [0, 0.1) is 11.8 Å². The largest absolute Gasteiger partial charge is 0.481 e. The fourth-order valence-corrected chi connectivity index (χ4v) is 3.01. The molecule has 130 valence electrons. The predicted octanol–water partition coefficient (Wildman–Crippen LogP) is 2.15. The average Bonchev–Trinajstić information content (AvgIpc) is 2.56. The third kappa shape index (κ3) is 4.57. The number of nitrogens with zero attached hydrogens (tertiary/aromatic N) is 1. The number of hydrogen-bond donors (Lipinski definition) is 2. The quantitative estimate of drug-likeness (QED) is 0.865. The number of aliphatic carboxylic acids is 1. The average molecular weight is 332 g/mol. The Morgan fingerprint density at radius 2 is 1.67 bits per heavy atom. The standard InChI is InChI=1S/C18H24N2O4/c1-20(2)16(21)11-12-7-9-13(10-8-12)19-17(22)14-5-3-4-6-15(14)18(23)24/h7-10,14-15H,3-6,11H2,1-2H3,(H,19,22)(H,23,24). The Kier molecular flexibility index (Phi) is 5.95. The van der Waals surface area contributed by atoms with E-state index in [9.17, 15) is 19.5 Å². The monoisotopic (exact) mass is 332 g/mol. The van der Waals surface area contributed by atoms with Crippen LogP contribution in [-0.4, -0.2) is 41.9 Å². The molecule has 1 aliphatic carbocycles. The van der Waals surface area contributed by atoms with Crippen LogP contribution < -0.4 is 5.32 Å². The molecule has 1 fully saturated rings. The fourth-order valence-electron chi connectivity index (χ4n) is 3.01. The molecule has 0 saturated heterocycles. The van der Waals surface area contributed by atoms with Gasteiger partial charge in [0.2, 0.25) is 11.8 Å². The summed E-state index contributed by atoms with van der Waals surface area (Å²) >= 11 is 0. The summed E-state index contributed by atoms with van der Waals surface area (Å²) in [6, 6.07) is 7.09. The minimum atomic E-state index is -0.896. The molecule has 1 aromatic rings. The van der Waals surface area contributed by atoms with Crippen LogP contribution in [0.5, 0.6) is 0 Å². The fraction of sp³-hybridized carbons (Fsp3) is 0.500. The third-order valence-electron chi connectivity index (χ3n) is 4.50. The number of carbonyl (C=O) groups excluding carboxylic acids is 2. The van der Waals surface area contributed by atoms with Gasteiger partial charge in [-0.15, -0.1) is 0 Å². The van der Waals surface area contributed by atoms with Gasteiger partial charge in [0, 0.05) is 19.8 Å². The number of rotatable bonds is 5. The van der Waals surface area contributed by atoms with Gasteiger partial charge in [-0.1, -0.05) is 25.0 Å². The van der Waals surface area contributed by atoms with Crippen molar-refractivity contribution in [1.82, 2.24) is 4.90 Å². The van der Waals surface area contributed by atoms with Crippen molar-refractivity contribution < 1.29 is 19.5 Å². The van der Waals surface area contributed by atoms with E-state index in [0.717, 1.165) is 18.4 Å². The van der Waals surface area contributed by atoms with Gasteiger partial charge >= 0.3 is 5.97 Å². The van der Waals surface area contributed by atoms with Gasteiger partial charge in [-0.05, 0) is 30.5 Å². The highest BCUT2D eigenvalue weighted by molar-refractivity contribution is 5.95. The van der Waals surface area contributed by atoms with Crippen molar-refractivity contribution in [3.63, 3.8) is 0 Å². The van der Waals surface area contributed by atoms with E-state index >= 15 is 0 Å². The Bertz CT molecular complexity index is 610. The van der Waals surface area contributed by atoms with Gasteiger partial charge in [0.1, 0.15) is 0 Å². The zero-order chi connectivity index (χ0) is 17.7. The van der Waals surface area contributed by atoms with Crippen LogP contribution >= 0.6 is 0 Å². The maximum absolute atomic E-state index is 12.4. The second kappa shape index (κ2) is 7.95. The van der Waals surface area contributed by atoms with Gasteiger partial charge < -0.3 is 15.3 Å². The lowest BCUT2D eigenvalue weighted by Gasteiger charge is -2.27. The first-order valence-electron chi connectivity index (χ1n) is 8.21. The molecule has 2 atom stereocenters. The summed E-state index contributed by atoms with van der Waals surface area (Å²) in [4.78, 5) is 36.9. The predicted molar refractivity (Wildman–Crippen MR) is 90.6 cm³/mol. The highest BCUT2D eigenvalue weighted by atomic mass is 16.4. The van der Waals surface area contributed by atoms with E-state index < -0.39 is 17.8 Å². The van der Waals surface area contributed by atoms with E-state index in [1.807, 2.05) is 0 Å². The van der Waals surface area contributed by atoms with Gasteiger partial charge in [0.05, 0.1) is 18.3 Å². The number of benzene rings is 1. The highest BCUT2D eigenvalue weighted by Gasteiger charge is 2.35. The van der Waals surface area contributed by atoms with Crippen molar-refractivity contribution in [2.75, 3.05) is 19.4 Å². The van der Waals surface area contributed by atoms with Crippen LogP contribution in [0.3, 0.4) is 0 Å². The summed E-state index contributed by atoms with van der Waals surface area (Å²) in [7, 11) is 3.42. The Morgan fingerprint density at radius 3 is 2.21 bits per heavy atom. The molecular weight excluding hydrogens is 308 g/mol. The molecule has 0 radical (unpaired) electrons. The van der Waals surface area contributed by atoms with E-state index in [4.69, 9.17) is 0 Å². The molecular formula is C18H24N2O4. The zero-order valence-corrected chi connectivity index (χ0v) is 14.1. The minimum absolute atomic E-state index is 0.0123. The lowest BCUT2D eigenvalue weighted by Crippen LogP contribution is -2.36. The molecule has 1 aromatic carbocycles. The molecule has 2 amide bonds. The van der Waals surface area contributed by atoms with Gasteiger partial charge in [-0.2, -0.15) is 0 Å². The maximum Gasteiger partial charge on any atom is 0.307 e. The molecule has 0 aromatic heterocycles. The second-order valence-corrected chi connectivity index (χ2v) is 6.49. The van der Waals surface area contributed by atoms with Gasteiger partial charge in [0.25, 0.3) is 0 Å². The number of anilines is 1. The highest BCUT2D eigenvalue weighted by Crippen LogP contribution is 2.31. The Morgan fingerprint density at radius 1 is 1.08 bits per heavy atom. The summed E-state index contributed by atoms with van der Waals surface area (Å²) in [5.41, 5.74) is 1.49. The van der Waals surface area contributed by atoms with E-state index in [-0.39, 0.29) is 11.8 Å². The first kappa shape index (κ1) is 18.0. The van der Waals surface area contributed by atoms with Crippen molar-refractivity contribution >= 4 is 23.5 Å². The van der Waals surface area contributed by atoms with Crippen LogP contribution in [0.15, 0.2) is 24.3 Å². The molecule has 2 rings (SSSR count). The summed E-state index contributed by atoms with van der Waals surface area (Å²) < 4.78 is 0. The molecule has 1 aliphatic rings. The van der Waals surface area contributed by atoms with Crippen molar-refractivity contribution in [1.29, 1.82) is 0 Å². The van der Waals surface area contributed by atoms with Crippen LogP contribution in [0.1, 0.15) is 31.2 Å². The Balaban J connectivity index is 1.98. The summed E-state index contributed by atoms with van der Waals surface area (Å²) in [5.74, 6) is -2.20. The first-order valence-corrected chi connectivity index (χ1v) is 8.21. The van der Waals surface area contributed by atoms with Crippen LogP contribution in [-0.2, 0) is 20.8 Å². The molecule has 1 saturated carbocycles. The third-order valence-corrected chi connectivity index (χ3v) is 4.50. The smallest absolute Gasteiger partial charge is 0.307 e. The van der Waals surface area contributed by atoms with E-state index in [1.165, 1.54) is 4.90 Å². The van der Waals surface area contributed by atoms with Crippen molar-refractivity contribution in [3.05, 3.63) is 29.8 Å². The maximum atomic E-state index is 12.4. The van der Waals surface area contributed by atoms with E-state index in [1.54, 1.807) is 38.4 Å². The normalized spacial score (nSPS) is 20.2. The van der Waals surface area contributed by atoms with Crippen LogP contribution in [0.2, 0.25) is 0 Å². The Labute approximate surface area is 141 Å². The Hall–Kier alpha value is -2.37. The number of hydrogen-bond acceptors (Lipinski definition) is 3. The molecule has 24 heavy (non-hydrogen) atoms. The molecule has 6 nitrogen and oxygen atoms in total. The number of carboxylic acid groups (broad SMARTS) is 1. The van der Waals surface area contributed by atoms with Gasteiger partial charge in [0.15, 0.2) is 0 Å². The SMILES string of the molecule is CN(C)C(=O)Cc1ccc(NC(=O)C2CCCCC2C(=O)O)cc1. The van der Waals surface area contributed by atoms with Gasteiger partial charge in [-0.25, -0.2) is 0 Å². The van der Waals surface area contributed by atoms with Crippen molar-refractivity contribution in [3.8, 4) is 0 Å². The van der Waals surface area contributed by atoms with Crippen LogP contribution in [0.4, 0.5) is 5.69 Å². The topological polar surface area (TPSA) is 86.7 Å². The van der Waals surface area contributed by atoms with Crippen LogP contribution in [0.25, 0.3) is 0 Å². The number of nitrogens with one attached hydrogen (secondary N) is 1. The number of carbonyl (C=O) groups is 3. The minimum Gasteiger partial charge on any atom is -0.481 e. The lowest BCUT2D eigenvalue weighted by molar-refractivity contribution is -0.147. The number of likely N-dealkylation sites (N-methyl/N-ethyl adjacent to an activating group) is 1. The zero-order valence-electron chi connectivity index (χ0n) is 14.1. The molecule has 2 unspecified atom stereocenters. The summed E-state index contributed by atoms with van der Waals surface area (Å²) in [5, 5.41) is 12.1. The molecule has 0 bridgehead atoms. The summed E-state index contributed by atoms with van der Waals surface area (Å²) in [6.45, 7) is 0. The summed E-state index contributed by atoms with van der Waals surface area (Å²) in [6.07, 6.45) is 3.21. The van der Waals surface area contributed by atoms with E-state index in [0.29, 0.717) is 24.9 Å². The molecule has 6 heteroatoms. The van der Waals surface area contributed by atoms with Crippen molar-refractivity contribution in [2.24, 2.45) is 11.8 Å². The lowest BCUT2D eigenvalue weighted by atomic mass is 9.78. The van der Waals surface area contributed by atoms with E-state index in [2.05, 4.69) is 5.32 Å². The molecule has 0 heterocycles. The molecule has 0 aliphatic heterocycles. The first-order chi connectivity index (χ1) is 11.4. The number of carboxylic acids is 1. The second-order valence-electron chi connectivity index (χ2n) is 6.49. The molecule has 2 N–H and O–H groups in total. The van der Waals surface area contributed by atoms with Crippen molar-refractivity contribution in [2.45, 2.75) is 32.1 Å².